The van der Waals surface area contributed by atoms with E-state index < -0.39 is 0 Å². The van der Waals surface area contributed by atoms with Gasteiger partial charge >= 0.3 is 5.97 Å². The predicted octanol–water partition coefficient (Wildman–Crippen LogP) is 2.43. The smallest absolute Gasteiger partial charge is 0.307 e. The Labute approximate surface area is 102 Å². The maximum atomic E-state index is 11.6. The molecule has 0 amide bonds. The molecule has 1 aromatic rings. The zero-order chi connectivity index (χ0) is 12.1. The first kappa shape index (κ1) is 12.1. The summed E-state index contributed by atoms with van der Waals surface area (Å²) >= 11 is 0. The van der Waals surface area contributed by atoms with Crippen molar-refractivity contribution in [2.24, 2.45) is 0 Å². The van der Waals surface area contributed by atoms with Gasteiger partial charge in [0.05, 0.1) is 13.0 Å². The van der Waals surface area contributed by atoms with Crippen molar-refractivity contribution in [3.63, 3.8) is 0 Å². The van der Waals surface area contributed by atoms with Crippen molar-refractivity contribution in [2.45, 2.75) is 38.3 Å². The lowest BCUT2D eigenvalue weighted by atomic mass is 10.0. The lowest BCUT2D eigenvalue weighted by Crippen LogP contribution is -2.26. The fourth-order valence-electron chi connectivity index (χ4n) is 1.88. The summed E-state index contributed by atoms with van der Waals surface area (Å²) in [5, 5.41) is 3.50. The van der Waals surface area contributed by atoms with E-state index in [0.29, 0.717) is 19.1 Å². The summed E-state index contributed by atoms with van der Waals surface area (Å²) in [5.74, 6) is -0.130. The molecular weight excluding hydrogens is 214 g/mol. The fourth-order valence-corrected chi connectivity index (χ4v) is 1.88. The van der Waals surface area contributed by atoms with Crippen molar-refractivity contribution >= 4 is 5.97 Å². The number of nitrogens with one attached hydrogen (secondary N) is 1. The largest absolute Gasteiger partial charge is 0.466 e. The summed E-state index contributed by atoms with van der Waals surface area (Å²) in [6.45, 7) is 2.29. The van der Waals surface area contributed by atoms with Crippen LogP contribution in [0.25, 0.3) is 0 Å². The maximum absolute atomic E-state index is 11.6. The summed E-state index contributed by atoms with van der Waals surface area (Å²) in [7, 11) is 0. The van der Waals surface area contributed by atoms with Crippen LogP contribution in [0.5, 0.6) is 0 Å². The van der Waals surface area contributed by atoms with Crippen LogP contribution in [0, 0.1) is 0 Å². The molecule has 1 aromatic carbocycles. The van der Waals surface area contributed by atoms with E-state index in [-0.39, 0.29) is 12.0 Å². The minimum atomic E-state index is -0.130. The second-order valence-corrected chi connectivity index (χ2v) is 4.41. The molecule has 0 aliphatic heterocycles. The quantitative estimate of drug-likeness (QED) is 0.767. The van der Waals surface area contributed by atoms with E-state index in [0.717, 1.165) is 5.56 Å². The highest BCUT2D eigenvalue weighted by atomic mass is 16.5. The molecule has 1 aliphatic carbocycles. The van der Waals surface area contributed by atoms with Gasteiger partial charge in [-0.05, 0) is 25.3 Å². The van der Waals surface area contributed by atoms with Gasteiger partial charge in [-0.1, -0.05) is 30.3 Å². The Balaban J connectivity index is 1.99. The van der Waals surface area contributed by atoms with Gasteiger partial charge in [0.2, 0.25) is 0 Å². The summed E-state index contributed by atoms with van der Waals surface area (Å²) in [6.07, 6.45) is 2.84. The molecule has 1 atom stereocenters. The number of esters is 1. The van der Waals surface area contributed by atoms with Crippen molar-refractivity contribution in [2.75, 3.05) is 6.61 Å². The number of carbonyl (C=O) groups is 1. The third-order valence-electron chi connectivity index (χ3n) is 2.89. The molecule has 0 spiro atoms. The van der Waals surface area contributed by atoms with Crippen molar-refractivity contribution in [3.05, 3.63) is 35.9 Å². The highest BCUT2D eigenvalue weighted by molar-refractivity contribution is 5.70. The number of rotatable bonds is 6. The molecule has 1 fully saturated rings. The van der Waals surface area contributed by atoms with Gasteiger partial charge in [0.1, 0.15) is 0 Å². The average molecular weight is 233 g/mol. The first-order chi connectivity index (χ1) is 8.29. The Kier molecular flexibility index (Phi) is 4.15. The van der Waals surface area contributed by atoms with Crippen LogP contribution in [0.2, 0.25) is 0 Å². The van der Waals surface area contributed by atoms with Crippen LogP contribution in [0.15, 0.2) is 30.3 Å². The van der Waals surface area contributed by atoms with Crippen LogP contribution < -0.4 is 5.32 Å². The van der Waals surface area contributed by atoms with E-state index in [1.807, 2.05) is 25.1 Å². The average Bonchev–Trinajstić information content (AvgIpc) is 3.14. The number of carbonyl (C=O) groups excluding carboxylic acids is 1. The normalized spacial score (nSPS) is 16.5. The van der Waals surface area contributed by atoms with Crippen LogP contribution in [-0.4, -0.2) is 18.6 Å². The molecule has 0 bridgehead atoms. The molecule has 1 N–H and O–H groups in total. The van der Waals surface area contributed by atoms with Crippen LogP contribution >= 0.6 is 0 Å². The highest BCUT2D eigenvalue weighted by Crippen LogP contribution is 2.26. The minimum Gasteiger partial charge on any atom is -0.466 e. The van der Waals surface area contributed by atoms with Gasteiger partial charge in [-0.2, -0.15) is 0 Å². The number of benzene rings is 1. The van der Waals surface area contributed by atoms with E-state index in [4.69, 9.17) is 4.74 Å². The number of hydrogen-bond donors (Lipinski definition) is 1. The summed E-state index contributed by atoms with van der Waals surface area (Å²) in [6, 6.07) is 10.8. The standard InChI is InChI=1S/C14H19NO2/c1-2-17-14(16)10-13(15-12-8-9-12)11-6-4-3-5-7-11/h3-7,12-13,15H,2,8-10H2,1H3. The van der Waals surface area contributed by atoms with Crippen LogP contribution in [0.1, 0.15) is 37.8 Å². The fraction of sp³-hybridized carbons (Fsp3) is 0.500. The predicted molar refractivity (Wildman–Crippen MR) is 66.6 cm³/mol. The van der Waals surface area contributed by atoms with Gasteiger partial charge in [-0.15, -0.1) is 0 Å². The summed E-state index contributed by atoms with van der Waals surface area (Å²) in [4.78, 5) is 11.6. The van der Waals surface area contributed by atoms with Gasteiger partial charge in [0.15, 0.2) is 0 Å². The van der Waals surface area contributed by atoms with Crippen LogP contribution in [0.4, 0.5) is 0 Å². The first-order valence-corrected chi connectivity index (χ1v) is 6.26. The van der Waals surface area contributed by atoms with Gasteiger partial charge < -0.3 is 10.1 Å². The second kappa shape index (κ2) is 5.82. The molecule has 1 unspecified atom stereocenters. The zero-order valence-electron chi connectivity index (χ0n) is 10.2. The van der Waals surface area contributed by atoms with E-state index in [2.05, 4.69) is 17.4 Å². The number of ether oxygens (including phenoxy) is 1. The third-order valence-corrected chi connectivity index (χ3v) is 2.89. The molecule has 0 radical (unpaired) electrons. The molecule has 1 aliphatic rings. The molecule has 3 heteroatoms. The lowest BCUT2D eigenvalue weighted by Gasteiger charge is -2.18. The van der Waals surface area contributed by atoms with E-state index in [1.54, 1.807) is 0 Å². The summed E-state index contributed by atoms with van der Waals surface area (Å²) < 4.78 is 5.02. The van der Waals surface area contributed by atoms with Crippen molar-refractivity contribution in [1.82, 2.24) is 5.32 Å². The Bertz CT molecular complexity index is 360. The topological polar surface area (TPSA) is 38.3 Å². The van der Waals surface area contributed by atoms with Crippen LogP contribution in [0.3, 0.4) is 0 Å². The Hall–Kier alpha value is -1.35. The zero-order valence-corrected chi connectivity index (χ0v) is 10.2. The third kappa shape index (κ3) is 3.86. The monoisotopic (exact) mass is 233 g/mol. The molecule has 17 heavy (non-hydrogen) atoms. The first-order valence-electron chi connectivity index (χ1n) is 6.26. The van der Waals surface area contributed by atoms with Crippen molar-refractivity contribution in [1.29, 1.82) is 0 Å². The molecule has 1 saturated carbocycles. The van der Waals surface area contributed by atoms with Crippen molar-refractivity contribution in [3.8, 4) is 0 Å². The molecule has 2 rings (SSSR count). The molecule has 92 valence electrons. The second-order valence-electron chi connectivity index (χ2n) is 4.41. The van der Waals surface area contributed by atoms with Gasteiger partial charge in [0, 0.05) is 12.1 Å². The van der Waals surface area contributed by atoms with E-state index in [9.17, 15) is 4.79 Å². The Morgan fingerprint density at radius 2 is 2.12 bits per heavy atom. The molecule has 0 aromatic heterocycles. The molecule has 0 saturated heterocycles. The van der Waals surface area contributed by atoms with Gasteiger partial charge in [-0.25, -0.2) is 0 Å². The number of hydrogen-bond acceptors (Lipinski definition) is 3. The van der Waals surface area contributed by atoms with Crippen LogP contribution in [-0.2, 0) is 9.53 Å². The lowest BCUT2D eigenvalue weighted by molar-refractivity contribution is -0.143. The molecule has 0 heterocycles. The van der Waals surface area contributed by atoms with Crippen molar-refractivity contribution < 1.29 is 9.53 Å². The summed E-state index contributed by atoms with van der Waals surface area (Å²) in [5.41, 5.74) is 1.16. The van der Waals surface area contributed by atoms with Gasteiger partial charge in [-0.3, -0.25) is 4.79 Å². The maximum Gasteiger partial charge on any atom is 0.307 e. The van der Waals surface area contributed by atoms with E-state index in [1.165, 1.54) is 12.8 Å². The Morgan fingerprint density at radius 3 is 2.71 bits per heavy atom. The highest BCUT2D eigenvalue weighted by Gasteiger charge is 2.26. The Morgan fingerprint density at radius 1 is 1.41 bits per heavy atom. The SMILES string of the molecule is CCOC(=O)CC(NC1CC1)c1ccccc1. The van der Waals surface area contributed by atoms with E-state index >= 15 is 0 Å². The minimum absolute atomic E-state index is 0.0859. The van der Waals surface area contributed by atoms with Gasteiger partial charge in [0.25, 0.3) is 0 Å². The molecular formula is C14H19NO2. The molecule has 3 nitrogen and oxygen atoms in total.